The number of anilines is 1. The van der Waals surface area contributed by atoms with Gasteiger partial charge in [0.15, 0.2) is 0 Å². The van der Waals surface area contributed by atoms with Gasteiger partial charge < -0.3 is 5.73 Å². The van der Waals surface area contributed by atoms with Crippen LogP contribution in [0, 0.1) is 0 Å². The van der Waals surface area contributed by atoms with Crippen molar-refractivity contribution in [2.45, 2.75) is 4.90 Å². The second-order valence-corrected chi connectivity index (χ2v) is 2.62. The fourth-order valence-electron chi connectivity index (χ4n) is 0.517. The van der Waals surface area contributed by atoms with Gasteiger partial charge in [0, 0.05) is 35.1 Å². The molecule has 0 amide bonds. The minimum atomic E-state index is 0. The Morgan fingerprint density at radius 3 is 2.40 bits per heavy atom. The Morgan fingerprint density at radius 2 is 2.00 bits per heavy atom. The molecule has 0 unspecified atom stereocenters. The van der Waals surface area contributed by atoms with Crippen molar-refractivity contribution in [2.24, 2.45) is 0 Å². The topological polar surface area (TPSA) is 26.0 Å². The van der Waals surface area contributed by atoms with E-state index in [0.29, 0.717) is 10.7 Å². The maximum absolute atomic E-state index is 5.61. The van der Waals surface area contributed by atoms with Crippen LogP contribution in [-0.2, 0) is 19.5 Å². The zero-order valence-corrected chi connectivity index (χ0v) is 9.96. The monoisotopic (exact) mass is 223 g/mol. The smallest absolute Gasteiger partial charge is 0.0450 e. The summed E-state index contributed by atoms with van der Waals surface area (Å²) in [5, 5.41) is 0.661. The van der Waals surface area contributed by atoms with Gasteiger partial charge in [0.25, 0.3) is 0 Å². The zero-order chi connectivity index (χ0) is 6.85. The molecule has 0 aliphatic carbocycles. The molecule has 0 aromatic heterocycles. The van der Waals surface area contributed by atoms with E-state index in [4.69, 9.17) is 17.3 Å². The van der Waals surface area contributed by atoms with Gasteiger partial charge in [-0.05, 0) is 18.2 Å². The molecule has 10 heavy (non-hydrogen) atoms. The van der Waals surface area contributed by atoms with Crippen LogP contribution in [0.25, 0.3) is 0 Å². The van der Waals surface area contributed by atoms with Crippen LogP contribution in [-0.4, -0.2) is 0 Å². The van der Waals surface area contributed by atoms with Gasteiger partial charge in [0.1, 0.15) is 0 Å². The van der Waals surface area contributed by atoms with Gasteiger partial charge in [-0.2, -0.15) is 0 Å². The van der Waals surface area contributed by atoms with E-state index in [1.165, 1.54) is 0 Å². The molecule has 1 nitrogen and oxygen atoms in total. The Balaban J connectivity index is 0.000000810. The van der Waals surface area contributed by atoms with Crippen LogP contribution < -0.4 is 5.73 Å². The van der Waals surface area contributed by atoms with Crippen molar-refractivity contribution in [3.8, 4) is 0 Å². The minimum absolute atomic E-state index is 0. The molecule has 4 heteroatoms. The van der Waals surface area contributed by atoms with Crippen LogP contribution in [0.1, 0.15) is 0 Å². The van der Waals surface area contributed by atoms with Crippen LogP contribution in [0.15, 0.2) is 23.1 Å². The zero-order valence-electron chi connectivity index (χ0n) is 5.34. The molecule has 2 N–H and O–H groups in total. The summed E-state index contributed by atoms with van der Waals surface area (Å²) in [6, 6.07) is 5.17. The molecule has 1 aromatic carbocycles. The maximum Gasteiger partial charge on any atom is 0.0450 e. The van der Waals surface area contributed by atoms with E-state index >= 15 is 0 Å². The van der Waals surface area contributed by atoms with Crippen LogP contribution in [0.3, 0.4) is 0 Å². The van der Waals surface area contributed by atoms with Gasteiger partial charge in [-0.3, -0.25) is 0 Å². The fourth-order valence-corrected chi connectivity index (χ4v) is 0.979. The first-order valence-electron chi connectivity index (χ1n) is 2.44. The predicted molar refractivity (Wildman–Crippen MR) is 43.1 cm³/mol. The van der Waals surface area contributed by atoms with E-state index in [2.05, 4.69) is 12.6 Å². The summed E-state index contributed by atoms with van der Waals surface area (Å²) in [4.78, 5) is 0.725. The first kappa shape index (κ1) is 10.3. The number of halogens is 1. The molecule has 0 fully saturated rings. The van der Waals surface area contributed by atoms with Crippen molar-refractivity contribution in [2.75, 3.05) is 5.73 Å². The van der Waals surface area contributed by atoms with Gasteiger partial charge in [-0.1, -0.05) is 11.6 Å². The third-order valence-corrected chi connectivity index (χ3v) is 1.61. The molecule has 0 heterocycles. The molecule has 0 atom stereocenters. The summed E-state index contributed by atoms with van der Waals surface area (Å²) in [6.45, 7) is 0. The standard InChI is InChI=1S/C6H6ClNS.Zn/c7-4-1-2-5(8)6(9)3-4;/h1-3,9H,8H2;. The fraction of sp³-hybridized carbons (Fsp3) is 0. The SMILES string of the molecule is Nc1ccc(Cl)cc1S.[Zn]. The molecule has 1 rings (SSSR count). The van der Waals surface area contributed by atoms with E-state index < -0.39 is 0 Å². The van der Waals surface area contributed by atoms with Gasteiger partial charge in [0.2, 0.25) is 0 Å². The van der Waals surface area contributed by atoms with E-state index in [1.807, 2.05) is 0 Å². The molecule has 0 aliphatic rings. The predicted octanol–water partition coefficient (Wildman–Crippen LogP) is 2.21. The Labute approximate surface area is 83.1 Å². The molecule has 0 saturated heterocycles. The Morgan fingerprint density at radius 1 is 1.40 bits per heavy atom. The third-order valence-electron chi connectivity index (χ3n) is 0.992. The van der Waals surface area contributed by atoms with E-state index in [0.717, 1.165) is 4.90 Å². The van der Waals surface area contributed by atoms with Crippen molar-refractivity contribution in [3.63, 3.8) is 0 Å². The second kappa shape index (κ2) is 4.22. The summed E-state index contributed by atoms with van der Waals surface area (Å²) in [6.07, 6.45) is 0. The number of rotatable bonds is 0. The van der Waals surface area contributed by atoms with Gasteiger partial charge in [-0.15, -0.1) is 12.6 Å². The van der Waals surface area contributed by atoms with Crippen molar-refractivity contribution in [3.05, 3.63) is 23.2 Å². The quantitative estimate of drug-likeness (QED) is 0.395. The molecule has 1 aromatic rings. The van der Waals surface area contributed by atoms with Crippen molar-refractivity contribution >= 4 is 29.9 Å². The first-order valence-corrected chi connectivity index (χ1v) is 3.26. The number of thiol groups is 1. The van der Waals surface area contributed by atoms with Crippen molar-refractivity contribution < 1.29 is 19.5 Å². The molecular formula is C6H6ClNSZn. The molecule has 0 spiro atoms. The second-order valence-electron chi connectivity index (χ2n) is 1.70. The van der Waals surface area contributed by atoms with E-state index in [-0.39, 0.29) is 19.5 Å². The normalized spacial score (nSPS) is 8.60. The van der Waals surface area contributed by atoms with Gasteiger partial charge in [-0.25, -0.2) is 0 Å². The summed E-state index contributed by atoms with van der Waals surface area (Å²) in [7, 11) is 0. The number of nitrogen functional groups attached to an aromatic ring is 1. The van der Waals surface area contributed by atoms with Gasteiger partial charge >= 0.3 is 0 Å². The minimum Gasteiger partial charge on any atom is -0.398 e. The molecule has 0 saturated carbocycles. The van der Waals surface area contributed by atoms with E-state index in [1.54, 1.807) is 18.2 Å². The van der Waals surface area contributed by atoms with Crippen LogP contribution >= 0.6 is 24.2 Å². The van der Waals surface area contributed by atoms with Crippen LogP contribution in [0.4, 0.5) is 5.69 Å². The maximum atomic E-state index is 5.61. The average Bonchev–Trinajstić information content (AvgIpc) is 1.80. The van der Waals surface area contributed by atoms with Crippen molar-refractivity contribution in [1.29, 1.82) is 0 Å². The van der Waals surface area contributed by atoms with Crippen molar-refractivity contribution in [1.82, 2.24) is 0 Å². The molecule has 0 radical (unpaired) electrons. The number of hydrogen-bond acceptors (Lipinski definition) is 2. The summed E-state index contributed by atoms with van der Waals surface area (Å²) in [5.41, 5.74) is 6.11. The summed E-state index contributed by atoms with van der Waals surface area (Å²) < 4.78 is 0. The Hall–Kier alpha value is 0.283. The number of hydrogen-bond donors (Lipinski definition) is 2. The van der Waals surface area contributed by atoms with Gasteiger partial charge in [0.05, 0.1) is 0 Å². The Kier molecular flexibility index (Phi) is 4.34. The third kappa shape index (κ3) is 2.49. The number of nitrogens with two attached hydrogens (primary N) is 1. The van der Waals surface area contributed by atoms with Crippen LogP contribution in [0.5, 0.6) is 0 Å². The Bertz CT molecular complexity index is 229. The largest absolute Gasteiger partial charge is 0.398 e. The van der Waals surface area contributed by atoms with E-state index in [9.17, 15) is 0 Å². The summed E-state index contributed by atoms with van der Waals surface area (Å²) >= 11 is 9.67. The molecule has 0 bridgehead atoms. The first-order chi connectivity index (χ1) is 4.20. The molecular weight excluding hydrogens is 219 g/mol. The summed E-state index contributed by atoms with van der Waals surface area (Å²) in [5.74, 6) is 0. The van der Waals surface area contributed by atoms with Crippen LogP contribution in [0.2, 0.25) is 5.02 Å². The molecule has 0 aliphatic heterocycles. The molecule has 50 valence electrons. The average molecular weight is 225 g/mol. The number of benzene rings is 1.